The minimum Gasteiger partial charge on any atom is -0.393 e. The Balaban J connectivity index is 1.69. The van der Waals surface area contributed by atoms with Crippen LogP contribution >= 0.6 is 0 Å². The molecule has 1 aliphatic heterocycles. The number of nitrogens with zero attached hydrogens (tertiary/aromatic N) is 1. The second-order valence-corrected chi connectivity index (χ2v) is 11.5. The fourth-order valence-corrected chi connectivity index (χ4v) is 4.84. The van der Waals surface area contributed by atoms with E-state index < -0.39 is 44.3 Å². The zero-order valence-corrected chi connectivity index (χ0v) is 20.4. The Hall–Kier alpha value is -2.89. The van der Waals surface area contributed by atoms with E-state index in [-0.39, 0.29) is 24.8 Å². The average Bonchev–Trinajstić information content (AvgIpc) is 3.24. The molecule has 0 spiro atoms. The number of hydrogen-bond acceptors (Lipinski definition) is 7. The fourth-order valence-electron chi connectivity index (χ4n) is 3.97. The molecule has 1 heterocycles. The summed E-state index contributed by atoms with van der Waals surface area (Å²) in [6, 6.07) is 8.85. The SMILES string of the molecule is C[C@@H](O)Cc1cc(F)c(-c2ccc(C3=NO[C@@H](CC[C@](C)(C(=O)NO)S(C)(=O)=O)C3)cc2)c(F)c1. The highest BCUT2D eigenvalue weighted by Gasteiger charge is 2.44. The first-order valence-electron chi connectivity index (χ1n) is 11.0. The first kappa shape index (κ1) is 26.7. The monoisotopic (exact) mass is 510 g/mol. The number of oxime groups is 1. The Kier molecular flexibility index (Phi) is 7.93. The van der Waals surface area contributed by atoms with E-state index in [0.717, 1.165) is 6.26 Å². The summed E-state index contributed by atoms with van der Waals surface area (Å²) >= 11 is 0. The number of rotatable bonds is 9. The van der Waals surface area contributed by atoms with Gasteiger partial charge in [0.15, 0.2) is 9.84 Å². The largest absolute Gasteiger partial charge is 0.393 e. The summed E-state index contributed by atoms with van der Waals surface area (Å²) in [6.07, 6.45) is 0.315. The predicted octanol–water partition coefficient (Wildman–Crippen LogP) is 3.14. The maximum atomic E-state index is 14.6. The molecule has 3 N–H and O–H groups in total. The number of halogens is 2. The number of aliphatic hydroxyl groups excluding tert-OH is 1. The number of amides is 1. The van der Waals surface area contributed by atoms with Crippen molar-refractivity contribution in [1.82, 2.24) is 5.48 Å². The van der Waals surface area contributed by atoms with Gasteiger partial charge >= 0.3 is 0 Å². The van der Waals surface area contributed by atoms with Gasteiger partial charge in [-0.1, -0.05) is 29.4 Å². The number of carbonyl (C=O) groups excluding carboxylic acids is 1. The van der Waals surface area contributed by atoms with Gasteiger partial charge in [0, 0.05) is 12.7 Å². The second kappa shape index (κ2) is 10.4. The third kappa shape index (κ3) is 5.85. The fraction of sp³-hybridized carbons (Fsp3) is 0.417. The highest BCUT2D eigenvalue weighted by atomic mass is 32.2. The van der Waals surface area contributed by atoms with Gasteiger partial charge in [-0.3, -0.25) is 10.0 Å². The molecule has 3 rings (SSSR count). The Morgan fingerprint density at radius 3 is 2.31 bits per heavy atom. The summed E-state index contributed by atoms with van der Waals surface area (Å²) in [6.45, 7) is 2.77. The Morgan fingerprint density at radius 1 is 1.23 bits per heavy atom. The second-order valence-electron chi connectivity index (χ2n) is 9.02. The van der Waals surface area contributed by atoms with Crippen molar-refractivity contribution in [3.63, 3.8) is 0 Å². The molecule has 3 atom stereocenters. The Bertz CT molecular complexity index is 1210. The van der Waals surface area contributed by atoms with Crippen molar-refractivity contribution in [2.24, 2.45) is 5.16 Å². The molecule has 35 heavy (non-hydrogen) atoms. The lowest BCUT2D eigenvalue weighted by molar-refractivity contribution is -0.131. The first-order chi connectivity index (χ1) is 16.4. The minimum atomic E-state index is -3.82. The molecule has 0 fully saturated rings. The van der Waals surface area contributed by atoms with Crippen molar-refractivity contribution < 1.29 is 37.1 Å². The number of hydrogen-bond donors (Lipinski definition) is 3. The lowest BCUT2D eigenvalue weighted by atomic mass is 9.95. The standard InChI is InChI=1S/C24H28F2N2O6S/c1-14(29)10-15-11-19(25)22(20(26)12-15)17-6-4-16(5-7-17)21-13-18(34-28-21)8-9-24(2,23(30)27-31)35(3,32)33/h4-7,11-12,14,18,29,31H,8-10,13H2,1-3H3,(H,27,30)/t14-,18+,24-/m1/s1. The highest BCUT2D eigenvalue weighted by molar-refractivity contribution is 7.92. The third-order valence-corrected chi connectivity index (χ3v) is 8.24. The molecule has 0 bridgehead atoms. The molecular formula is C24H28F2N2O6S. The molecule has 190 valence electrons. The predicted molar refractivity (Wildman–Crippen MR) is 126 cm³/mol. The van der Waals surface area contributed by atoms with Crippen LogP contribution < -0.4 is 5.48 Å². The van der Waals surface area contributed by atoms with E-state index >= 15 is 0 Å². The molecule has 1 aliphatic rings. The molecule has 0 aromatic heterocycles. The molecule has 2 aromatic carbocycles. The van der Waals surface area contributed by atoms with Crippen molar-refractivity contribution in [2.45, 2.75) is 56.5 Å². The van der Waals surface area contributed by atoms with E-state index in [0.29, 0.717) is 28.8 Å². The minimum absolute atomic E-state index is 0.0890. The lowest BCUT2D eigenvalue weighted by Gasteiger charge is -2.25. The highest BCUT2D eigenvalue weighted by Crippen LogP contribution is 2.30. The van der Waals surface area contributed by atoms with Crippen LogP contribution in [0.25, 0.3) is 11.1 Å². The van der Waals surface area contributed by atoms with Gasteiger partial charge in [0.25, 0.3) is 5.91 Å². The van der Waals surface area contributed by atoms with Crippen LogP contribution in [0.15, 0.2) is 41.6 Å². The maximum Gasteiger partial charge on any atom is 0.264 e. The van der Waals surface area contributed by atoms with Crippen LogP contribution in [-0.4, -0.2) is 53.6 Å². The van der Waals surface area contributed by atoms with Gasteiger partial charge in [0.1, 0.15) is 22.5 Å². The molecule has 0 saturated heterocycles. The van der Waals surface area contributed by atoms with Crippen LogP contribution in [0.3, 0.4) is 0 Å². The molecule has 11 heteroatoms. The molecule has 2 aromatic rings. The number of sulfone groups is 1. The van der Waals surface area contributed by atoms with Gasteiger partial charge in [-0.15, -0.1) is 0 Å². The normalized spacial score (nSPS) is 18.4. The number of benzene rings is 2. The number of aliphatic hydroxyl groups is 1. The summed E-state index contributed by atoms with van der Waals surface area (Å²) in [5.74, 6) is -2.47. The van der Waals surface area contributed by atoms with E-state index in [1.165, 1.54) is 24.5 Å². The quantitative estimate of drug-likeness (QED) is 0.352. The number of nitrogens with one attached hydrogen (secondary N) is 1. The van der Waals surface area contributed by atoms with Crippen LogP contribution in [0.5, 0.6) is 0 Å². The Labute approximate surface area is 202 Å². The van der Waals surface area contributed by atoms with E-state index in [9.17, 15) is 27.1 Å². The van der Waals surface area contributed by atoms with Gasteiger partial charge in [-0.2, -0.15) is 0 Å². The summed E-state index contributed by atoms with van der Waals surface area (Å²) in [5, 5.41) is 22.4. The molecule has 0 aliphatic carbocycles. The molecule has 0 unspecified atom stereocenters. The number of hydroxylamine groups is 1. The summed E-state index contributed by atoms with van der Waals surface area (Å²) in [5.41, 5.74) is 3.18. The molecular weight excluding hydrogens is 482 g/mol. The van der Waals surface area contributed by atoms with Gasteiger partial charge in [0.05, 0.1) is 17.4 Å². The van der Waals surface area contributed by atoms with Crippen molar-refractivity contribution in [2.75, 3.05) is 6.26 Å². The Morgan fingerprint density at radius 2 is 1.80 bits per heavy atom. The summed E-state index contributed by atoms with van der Waals surface area (Å²) < 4.78 is 51.6. The zero-order valence-electron chi connectivity index (χ0n) is 19.6. The van der Waals surface area contributed by atoms with Crippen LogP contribution in [0.2, 0.25) is 0 Å². The third-order valence-electron chi connectivity index (χ3n) is 6.22. The average molecular weight is 511 g/mol. The van der Waals surface area contributed by atoms with Gasteiger partial charge < -0.3 is 9.94 Å². The van der Waals surface area contributed by atoms with Crippen molar-refractivity contribution in [1.29, 1.82) is 0 Å². The molecule has 0 saturated carbocycles. The molecule has 1 amide bonds. The van der Waals surface area contributed by atoms with Crippen molar-refractivity contribution in [3.8, 4) is 11.1 Å². The van der Waals surface area contributed by atoms with Crippen LogP contribution in [0.4, 0.5) is 8.78 Å². The van der Waals surface area contributed by atoms with Crippen molar-refractivity contribution >= 4 is 21.5 Å². The van der Waals surface area contributed by atoms with Crippen LogP contribution in [-0.2, 0) is 25.9 Å². The smallest absolute Gasteiger partial charge is 0.264 e. The molecule has 8 nitrogen and oxygen atoms in total. The summed E-state index contributed by atoms with van der Waals surface area (Å²) in [4.78, 5) is 17.4. The lowest BCUT2D eigenvalue weighted by Crippen LogP contribution is -2.49. The van der Waals surface area contributed by atoms with Gasteiger partial charge in [-0.05, 0) is 61.9 Å². The van der Waals surface area contributed by atoms with E-state index in [4.69, 9.17) is 10.0 Å². The van der Waals surface area contributed by atoms with Crippen LogP contribution in [0.1, 0.15) is 44.2 Å². The van der Waals surface area contributed by atoms with Gasteiger partial charge in [-0.25, -0.2) is 22.7 Å². The van der Waals surface area contributed by atoms with E-state index in [1.54, 1.807) is 31.2 Å². The topological polar surface area (TPSA) is 125 Å². The summed E-state index contributed by atoms with van der Waals surface area (Å²) in [7, 11) is -3.82. The maximum absolute atomic E-state index is 14.6. The number of carbonyl (C=O) groups is 1. The van der Waals surface area contributed by atoms with Gasteiger partial charge in [0.2, 0.25) is 0 Å². The van der Waals surface area contributed by atoms with Crippen molar-refractivity contribution in [3.05, 3.63) is 59.2 Å². The molecule has 0 radical (unpaired) electrons. The van der Waals surface area contributed by atoms with Crippen LogP contribution in [0, 0.1) is 11.6 Å². The van der Waals surface area contributed by atoms with E-state index in [1.807, 2.05) is 0 Å². The van der Waals surface area contributed by atoms with E-state index in [2.05, 4.69) is 5.16 Å². The zero-order chi connectivity index (χ0) is 26.0. The first-order valence-corrected chi connectivity index (χ1v) is 12.9.